The Morgan fingerprint density at radius 1 is 1.38 bits per heavy atom. The quantitative estimate of drug-likeness (QED) is 0.785. The molecule has 0 spiro atoms. The highest BCUT2D eigenvalue weighted by Gasteiger charge is 2.10. The SMILES string of the molecule is COC(=O)Cc1c[nH]c2c(C)c(C)ccc12. The summed E-state index contributed by atoms with van der Waals surface area (Å²) in [6.45, 7) is 4.16. The Kier molecular flexibility index (Phi) is 2.69. The van der Waals surface area contributed by atoms with Gasteiger partial charge in [0.25, 0.3) is 0 Å². The number of hydrogen-bond donors (Lipinski definition) is 1. The number of aromatic nitrogens is 1. The fourth-order valence-corrected chi connectivity index (χ4v) is 1.88. The van der Waals surface area contributed by atoms with Gasteiger partial charge >= 0.3 is 5.97 Å². The summed E-state index contributed by atoms with van der Waals surface area (Å²) in [4.78, 5) is 14.5. The number of nitrogens with one attached hydrogen (secondary N) is 1. The summed E-state index contributed by atoms with van der Waals surface area (Å²) in [5.74, 6) is -0.209. The van der Waals surface area contributed by atoms with Gasteiger partial charge in [-0.1, -0.05) is 12.1 Å². The van der Waals surface area contributed by atoms with E-state index >= 15 is 0 Å². The number of H-pyrrole nitrogens is 1. The first-order valence-electron chi connectivity index (χ1n) is 5.26. The summed E-state index contributed by atoms with van der Waals surface area (Å²) in [7, 11) is 1.41. The van der Waals surface area contributed by atoms with Crippen molar-refractivity contribution in [2.75, 3.05) is 7.11 Å². The third-order valence-electron chi connectivity index (χ3n) is 3.03. The zero-order chi connectivity index (χ0) is 11.7. The molecule has 0 atom stereocenters. The van der Waals surface area contributed by atoms with Gasteiger partial charge in [0.05, 0.1) is 13.5 Å². The summed E-state index contributed by atoms with van der Waals surface area (Å²) in [6.07, 6.45) is 2.20. The van der Waals surface area contributed by atoms with Crippen molar-refractivity contribution in [3.63, 3.8) is 0 Å². The molecule has 1 heterocycles. The Labute approximate surface area is 94.4 Å². The van der Waals surface area contributed by atoms with E-state index < -0.39 is 0 Å². The van der Waals surface area contributed by atoms with Gasteiger partial charge in [-0.2, -0.15) is 0 Å². The third kappa shape index (κ3) is 1.69. The van der Waals surface area contributed by atoms with Gasteiger partial charge < -0.3 is 9.72 Å². The van der Waals surface area contributed by atoms with Crippen LogP contribution in [0.25, 0.3) is 10.9 Å². The van der Waals surface area contributed by atoms with Crippen LogP contribution >= 0.6 is 0 Å². The number of aromatic amines is 1. The molecule has 0 amide bonds. The lowest BCUT2D eigenvalue weighted by molar-refractivity contribution is -0.139. The van der Waals surface area contributed by atoms with Gasteiger partial charge in [-0.25, -0.2) is 0 Å². The Balaban J connectivity index is 2.50. The molecule has 0 saturated carbocycles. The van der Waals surface area contributed by atoms with Crippen LogP contribution in [0.4, 0.5) is 0 Å². The summed E-state index contributed by atoms with van der Waals surface area (Å²) in [5.41, 5.74) is 4.58. The van der Waals surface area contributed by atoms with Crippen molar-refractivity contribution in [1.29, 1.82) is 0 Å². The molecule has 1 aromatic carbocycles. The van der Waals surface area contributed by atoms with Gasteiger partial charge in [0.1, 0.15) is 0 Å². The maximum atomic E-state index is 11.2. The first kappa shape index (κ1) is 10.7. The highest BCUT2D eigenvalue weighted by molar-refractivity contribution is 5.89. The van der Waals surface area contributed by atoms with Gasteiger partial charge in [-0.3, -0.25) is 4.79 Å². The van der Waals surface area contributed by atoms with Gasteiger partial charge in [-0.15, -0.1) is 0 Å². The molecule has 0 aliphatic heterocycles. The van der Waals surface area contributed by atoms with E-state index in [-0.39, 0.29) is 5.97 Å². The standard InChI is InChI=1S/C13H15NO2/c1-8-4-5-11-10(6-12(15)16-3)7-14-13(11)9(8)2/h4-5,7,14H,6H2,1-3H3. The summed E-state index contributed by atoms with van der Waals surface area (Å²) in [5, 5.41) is 1.11. The van der Waals surface area contributed by atoms with Crippen LogP contribution in [0, 0.1) is 13.8 Å². The van der Waals surface area contributed by atoms with Crippen LogP contribution in [0.15, 0.2) is 18.3 Å². The minimum absolute atomic E-state index is 0.209. The molecule has 3 nitrogen and oxygen atoms in total. The molecule has 0 fully saturated rings. The van der Waals surface area contributed by atoms with Crippen LogP contribution < -0.4 is 0 Å². The zero-order valence-electron chi connectivity index (χ0n) is 9.76. The molecule has 84 valence electrons. The smallest absolute Gasteiger partial charge is 0.310 e. The van der Waals surface area contributed by atoms with Crippen molar-refractivity contribution in [3.05, 3.63) is 35.0 Å². The number of benzene rings is 1. The van der Waals surface area contributed by atoms with Crippen LogP contribution in [0.2, 0.25) is 0 Å². The number of fused-ring (bicyclic) bond motifs is 1. The number of esters is 1. The van der Waals surface area contributed by atoms with Gasteiger partial charge in [-0.05, 0) is 30.5 Å². The highest BCUT2D eigenvalue weighted by atomic mass is 16.5. The fourth-order valence-electron chi connectivity index (χ4n) is 1.88. The van der Waals surface area contributed by atoms with Crippen LogP contribution in [-0.4, -0.2) is 18.1 Å². The van der Waals surface area contributed by atoms with Crippen molar-refractivity contribution < 1.29 is 9.53 Å². The molecule has 0 radical (unpaired) electrons. The fraction of sp³-hybridized carbons (Fsp3) is 0.308. The Bertz CT molecular complexity index is 540. The number of carbonyl (C=O) groups excluding carboxylic acids is 1. The van der Waals surface area contributed by atoms with Crippen LogP contribution in [0.3, 0.4) is 0 Å². The molecule has 16 heavy (non-hydrogen) atoms. The Morgan fingerprint density at radius 2 is 2.12 bits per heavy atom. The first-order valence-corrected chi connectivity index (χ1v) is 5.26. The molecule has 2 rings (SSSR count). The van der Waals surface area contributed by atoms with E-state index in [4.69, 9.17) is 0 Å². The largest absolute Gasteiger partial charge is 0.469 e. The molecular formula is C13H15NO2. The lowest BCUT2D eigenvalue weighted by atomic mass is 10.0. The van der Waals surface area contributed by atoms with Crippen molar-refractivity contribution in [2.24, 2.45) is 0 Å². The number of rotatable bonds is 2. The van der Waals surface area contributed by atoms with Crippen LogP contribution in [0.1, 0.15) is 16.7 Å². The average Bonchev–Trinajstić information content (AvgIpc) is 2.67. The molecular weight excluding hydrogens is 202 g/mol. The summed E-state index contributed by atoms with van der Waals surface area (Å²) < 4.78 is 4.67. The molecule has 0 aliphatic carbocycles. The number of ether oxygens (including phenoxy) is 1. The van der Waals surface area contributed by atoms with Gasteiger partial charge in [0.2, 0.25) is 0 Å². The van der Waals surface area contributed by atoms with Crippen LogP contribution in [0.5, 0.6) is 0 Å². The monoisotopic (exact) mass is 217 g/mol. The van der Waals surface area contributed by atoms with E-state index in [1.54, 1.807) is 0 Å². The van der Waals surface area contributed by atoms with E-state index in [0.717, 1.165) is 16.5 Å². The van der Waals surface area contributed by atoms with Crippen molar-refractivity contribution in [1.82, 2.24) is 4.98 Å². The molecule has 2 aromatic rings. The van der Waals surface area contributed by atoms with E-state index in [1.165, 1.54) is 18.2 Å². The Hall–Kier alpha value is -1.77. The van der Waals surface area contributed by atoms with Crippen LogP contribution in [-0.2, 0) is 16.0 Å². The minimum atomic E-state index is -0.209. The van der Waals surface area contributed by atoms with Crippen molar-refractivity contribution in [3.8, 4) is 0 Å². The molecule has 3 heteroatoms. The summed E-state index contributed by atoms with van der Waals surface area (Å²) >= 11 is 0. The third-order valence-corrected chi connectivity index (χ3v) is 3.03. The highest BCUT2D eigenvalue weighted by Crippen LogP contribution is 2.24. The van der Waals surface area contributed by atoms with Gasteiger partial charge in [0, 0.05) is 17.1 Å². The normalized spacial score (nSPS) is 10.7. The number of aryl methyl sites for hydroxylation is 2. The molecule has 0 saturated heterocycles. The first-order chi connectivity index (χ1) is 7.63. The maximum Gasteiger partial charge on any atom is 0.310 e. The summed E-state index contributed by atoms with van der Waals surface area (Å²) in [6, 6.07) is 4.12. The number of carbonyl (C=O) groups is 1. The predicted molar refractivity (Wildman–Crippen MR) is 63.5 cm³/mol. The topological polar surface area (TPSA) is 42.1 Å². The number of methoxy groups -OCH3 is 1. The Morgan fingerprint density at radius 3 is 2.81 bits per heavy atom. The minimum Gasteiger partial charge on any atom is -0.469 e. The molecule has 0 aliphatic rings. The number of hydrogen-bond acceptors (Lipinski definition) is 2. The second-order valence-electron chi connectivity index (χ2n) is 4.00. The second kappa shape index (κ2) is 4.00. The lowest BCUT2D eigenvalue weighted by Crippen LogP contribution is -2.03. The molecule has 1 N–H and O–H groups in total. The zero-order valence-corrected chi connectivity index (χ0v) is 9.76. The van der Waals surface area contributed by atoms with Crippen molar-refractivity contribution in [2.45, 2.75) is 20.3 Å². The molecule has 0 bridgehead atoms. The average molecular weight is 217 g/mol. The molecule has 0 unspecified atom stereocenters. The van der Waals surface area contributed by atoms with E-state index in [1.807, 2.05) is 12.3 Å². The van der Waals surface area contributed by atoms with Gasteiger partial charge in [0.15, 0.2) is 0 Å². The lowest BCUT2D eigenvalue weighted by Gasteiger charge is -2.02. The maximum absolute atomic E-state index is 11.2. The molecule has 1 aromatic heterocycles. The van der Waals surface area contributed by atoms with E-state index in [9.17, 15) is 4.79 Å². The van der Waals surface area contributed by atoms with E-state index in [2.05, 4.69) is 29.6 Å². The second-order valence-corrected chi connectivity index (χ2v) is 4.00. The predicted octanol–water partition coefficient (Wildman–Crippen LogP) is 2.50. The van der Waals surface area contributed by atoms with E-state index in [0.29, 0.717) is 6.42 Å². The van der Waals surface area contributed by atoms with Crippen molar-refractivity contribution >= 4 is 16.9 Å².